The molecule has 5 heteroatoms. The molecule has 0 fully saturated rings. The average Bonchev–Trinajstić information content (AvgIpc) is 2.03. The first-order valence-electron chi connectivity index (χ1n) is 4.05. The molecule has 4 nitrogen and oxygen atoms in total. The summed E-state index contributed by atoms with van der Waals surface area (Å²) < 4.78 is 0. The molecule has 0 saturated carbocycles. The predicted octanol–water partition coefficient (Wildman–Crippen LogP) is -1.18. The van der Waals surface area contributed by atoms with E-state index in [1.165, 1.54) is 6.20 Å². The second-order valence-corrected chi connectivity index (χ2v) is 3.19. The predicted molar refractivity (Wildman–Crippen MR) is 51.5 cm³/mol. The molecule has 0 aliphatic carbocycles. The monoisotopic (exact) mass is 180 g/mol. The Bertz CT molecular complexity index is 279. The maximum absolute atomic E-state index is 9.01. The molecule has 0 saturated heterocycles. The van der Waals surface area contributed by atoms with Crippen LogP contribution in [0, 0.1) is 0 Å². The molecule has 0 aliphatic heterocycles. The molecular weight excluding hydrogens is 167 g/mol. The number of rotatable bonds is 3. The van der Waals surface area contributed by atoms with E-state index in [-0.39, 0.29) is 0 Å². The summed E-state index contributed by atoms with van der Waals surface area (Å²) >= 11 is 0. The van der Waals surface area contributed by atoms with Gasteiger partial charge in [0.15, 0.2) is 0 Å². The molecular formula is C8H13BN2O2. The summed E-state index contributed by atoms with van der Waals surface area (Å²) in [6.07, 6.45) is 3.12. The molecule has 1 aromatic heterocycles. The zero-order valence-electron chi connectivity index (χ0n) is 7.81. The quantitative estimate of drug-likeness (QED) is 0.575. The molecule has 0 unspecified atom stereocenters. The van der Waals surface area contributed by atoms with Crippen LogP contribution in [0.3, 0.4) is 0 Å². The smallest absolute Gasteiger partial charge is 0.423 e. The molecule has 0 atom stereocenters. The summed E-state index contributed by atoms with van der Waals surface area (Å²) in [5.41, 5.74) is 1.35. The van der Waals surface area contributed by atoms with Gasteiger partial charge in [0.1, 0.15) is 0 Å². The van der Waals surface area contributed by atoms with Gasteiger partial charge in [-0.1, -0.05) is 0 Å². The Morgan fingerprint density at radius 2 is 2.15 bits per heavy atom. The Morgan fingerprint density at radius 1 is 1.46 bits per heavy atom. The lowest BCUT2D eigenvalue weighted by atomic mass is 9.78. The van der Waals surface area contributed by atoms with Crippen molar-refractivity contribution >= 4 is 12.6 Å². The second kappa shape index (κ2) is 4.36. The zero-order chi connectivity index (χ0) is 9.84. The largest absolute Gasteiger partial charge is 0.490 e. The van der Waals surface area contributed by atoms with Gasteiger partial charge in [-0.3, -0.25) is 4.98 Å². The molecule has 70 valence electrons. The number of nitrogens with zero attached hydrogens (tertiary/aromatic N) is 2. The first-order valence-corrected chi connectivity index (χ1v) is 4.05. The Labute approximate surface area is 78.0 Å². The standard InChI is InChI=1S/C8H13BN2O2/c1-11(2)6-7-3-4-10-5-8(7)9(12)13/h3-5,12-13H,6H2,1-2H3. The Balaban J connectivity index is 2.91. The highest BCUT2D eigenvalue weighted by Gasteiger charge is 2.15. The highest BCUT2D eigenvalue weighted by atomic mass is 16.4. The normalized spacial score (nSPS) is 10.5. The molecule has 1 aromatic rings. The summed E-state index contributed by atoms with van der Waals surface area (Å²) in [5.74, 6) is 0. The minimum atomic E-state index is -1.44. The van der Waals surface area contributed by atoms with Crippen LogP contribution in [0.25, 0.3) is 0 Å². The number of pyridine rings is 1. The Hall–Kier alpha value is -0.905. The number of hydrogen-bond donors (Lipinski definition) is 2. The summed E-state index contributed by atoms with van der Waals surface area (Å²) in [6.45, 7) is 0.676. The molecule has 0 spiro atoms. The highest BCUT2D eigenvalue weighted by Crippen LogP contribution is 1.97. The third kappa shape index (κ3) is 2.80. The van der Waals surface area contributed by atoms with Crippen molar-refractivity contribution in [2.24, 2.45) is 0 Å². The van der Waals surface area contributed by atoms with Crippen molar-refractivity contribution in [2.45, 2.75) is 6.54 Å². The third-order valence-electron chi connectivity index (χ3n) is 1.71. The summed E-state index contributed by atoms with van der Waals surface area (Å²) in [4.78, 5) is 5.79. The molecule has 1 heterocycles. The minimum Gasteiger partial charge on any atom is -0.423 e. The third-order valence-corrected chi connectivity index (χ3v) is 1.71. The second-order valence-electron chi connectivity index (χ2n) is 3.19. The molecule has 0 bridgehead atoms. The van der Waals surface area contributed by atoms with E-state index in [4.69, 9.17) is 10.0 Å². The average molecular weight is 180 g/mol. The molecule has 2 N–H and O–H groups in total. The maximum atomic E-state index is 9.01. The van der Waals surface area contributed by atoms with E-state index in [0.717, 1.165) is 5.56 Å². The van der Waals surface area contributed by atoms with Crippen molar-refractivity contribution < 1.29 is 10.0 Å². The van der Waals surface area contributed by atoms with Crippen molar-refractivity contribution in [1.82, 2.24) is 9.88 Å². The van der Waals surface area contributed by atoms with Crippen molar-refractivity contribution in [1.29, 1.82) is 0 Å². The molecule has 0 radical (unpaired) electrons. The fourth-order valence-electron chi connectivity index (χ4n) is 1.15. The minimum absolute atomic E-state index is 0.469. The van der Waals surface area contributed by atoms with Crippen LogP contribution in [-0.2, 0) is 6.54 Å². The van der Waals surface area contributed by atoms with Crippen molar-refractivity contribution in [3.8, 4) is 0 Å². The van der Waals surface area contributed by atoms with Crippen LogP contribution in [0.2, 0.25) is 0 Å². The van der Waals surface area contributed by atoms with Gasteiger partial charge in [-0.2, -0.15) is 0 Å². The fraction of sp³-hybridized carbons (Fsp3) is 0.375. The lowest BCUT2D eigenvalue weighted by Crippen LogP contribution is -2.34. The SMILES string of the molecule is CN(C)Cc1ccncc1B(O)O. The Morgan fingerprint density at radius 3 is 2.69 bits per heavy atom. The van der Waals surface area contributed by atoms with Gasteiger partial charge in [0.25, 0.3) is 0 Å². The molecule has 0 aromatic carbocycles. The number of hydrogen-bond acceptors (Lipinski definition) is 4. The van der Waals surface area contributed by atoms with E-state index in [1.54, 1.807) is 12.3 Å². The van der Waals surface area contributed by atoms with Crippen LogP contribution >= 0.6 is 0 Å². The van der Waals surface area contributed by atoms with Crippen molar-refractivity contribution in [3.05, 3.63) is 24.0 Å². The highest BCUT2D eigenvalue weighted by molar-refractivity contribution is 6.59. The first-order chi connectivity index (χ1) is 6.11. The van der Waals surface area contributed by atoms with E-state index in [9.17, 15) is 0 Å². The van der Waals surface area contributed by atoms with Gasteiger partial charge in [0, 0.05) is 24.4 Å². The van der Waals surface area contributed by atoms with Crippen molar-refractivity contribution in [2.75, 3.05) is 14.1 Å². The molecule has 0 aliphatic rings. The fourth-order valence-corrected chi connectivity index (χ4v) is 1.15. The molecule has 0 amide bonds. The van der Waals surface area contributed by atoms with Crippen LogP contribution < -0.4 is 5.46 Å². The first kappa shape index (κ1) is 10.2. The molecule has 13 heavy (non-hydrogen) atoms. The summed E-state index contributed by atoms with van der Waals surface area (Å²) in [5, 5.41) is 18.0. The number of aromatic nitrogens is 1. The van der Waals surface area contributed by atoms with Crippen LogP contribution in [0.4, 0.5) is 0 Å². The van der Waals surface area contributed by atoms with Crippen LogP contribution in [0.5, 0.6) is 0 Å². The van der Waals surface area contributed by atoms with Gasteiger partial charge >= 0.3 is 7.12 Å². The van der Waals surface area contributed by atoms with Crippen molar-refractivity contribution in [3.63, 3.8) is 0 Å². The van der Waals surface area contributed by atoms with E-state index in [2.05, 4.69) is 4.98 Å². The van der Waals surface area contributed by atoms with E-state index in [1.807, 2.05) is 19.0 Å². The topological polar surface area (TPSA) is 56.6 Å². The lowest BCUT2D eigenvalue weighted by molar-refractivity contribution is 0.399. The van der Waals surface area contributed by atoms with E-state index < -0.39 is 7.12 Å². The Kier molecular flexibility index (Phi) is 3.42. The molecule has 1 rings (SSSR count). The maximum Gasteiger partial charge on any atom is 0.490 e. The lowest BCUT2D eigenvalue weighted by Gasteiger charge is -2.12. The van der Waals surface area contributed by atoms with Crippen LogP contribution in [-0.4, -0.2) is 41.1 Å². The van der Waals surface area contributed by atoms with Gasteiger partial charge in [0.05, 0.1) is 0 Å². The van der Waals surface area contributed by atoms with Gasteiger partial charge in [-0.25, -0.2) is 0 Å². The van der Waals surface area contributed by atoms with Crippen LogP contribution in [0.1, 0.15) is 5.56 Å². The van der Waals surface area contributed by atoms with Gasteiger partial charge in [-0.05, 0) is 25.7 Å². The van der Waals surface area contributed by atoms with Gasteiger partial charge in [0.2, 0.25) is 0 Å². The van der Waals surface area contributed by atoms with E-state index in [0.29, 0.717) is 12.0 Å². The van der Waals surface area contributed by atoms with Gasteiger partial charge < -0.3 is 14.9 Å². The summed E-state index contributed by atoms with van der Waals surface area (Å²) in [6, 6.07) is 1.79. The zero-order valence-corrected chi connectivity index (χ0v) is 7.81. The summed E-state index contributed by atoms with van der Waals surface area (Å²) in [7, 11) is 2.41. The van der Waals surface area contributed by atoms with Gasteiger partial charge in [-0.15, -0.1) is 0 Å². The van der Waals surface area contributed by atoms with Crippen LogP contribution in [0.15, 0.2) is 18.5 Å². The van der Waals surface area contributed by atoms with E-state index >= 15 is 0 Å².